The lowest BCUT2D eigenvalue weighted by Gasteiger charge is -2.04. The van der Waals surface area contributed by atoms with E-state index in [1.807, 2.05) is 0 Å². The highest BCUT2D eigenvalue weighted by molar-refractivity contribution is 5.81. The maximum atomic E-state index is 10.6. The summed E-state index contributed by atoms with van der Waals surface area (Å²) in [7, 11) is 0. The third-order valence-electron chi connectivity index (χ3n) is 1.31. The Morgan fingerprint density at radius 1 is 1.14 bits per heavy atom. The van der Waals surface area contributed by atoms with E-state index in [0.29, 0.717) is 19.8 Å². The second kappa shape index (κ2) is 9.80. The smallest absolute Gasteiger partial charge is 0.330 e. The second-order valence-corrected chi connectivity index (χ2v) is 2.38. The lowest BCUT2D eigenvalue weighted by molar-refractivity contribution is -0.139. The van der Waals surface area contributed by atoms with Gasteiger partial charge in [0, 0.05) is 19.1 Å². The molecule has 0 N–H and O–H groups in total. The molecule has 0 aromatic carbocycles. The van der Waals surface area contributed by atoms with Gasteiger partial charge in [-0.05, 0) is 0 Å². The van der Waals surface area contributed by atoms with E-state index < -0.39 is 5.97 Å². The number of carbonyl (C=O) groups is 1. The molecule has 0 saturated heterocycles. The number of hydrogen-bond donors (Lipinski definition) is 0. The average molecular weight is 200 g/mol. The summed E-state index contributed by atoms with van der Waals surface area (Å²) in [6.07, 6.45) is 3.31. The predicted octanol–water partition coefficient (Wildman–Crippen LogP) is 1.28. The van der Waals surface area contributed by atoms with E-state index in [1.165, 1.54) is 6.26 Å². The Balaban J connectivity index is 3.02. The third kappa shape index (κ3) is 8.80. The van der Waals surface area contributed by atoms with Crippen molar-refractivity contribution in [2.75, 3.05) is 26.4 Å². The van der Waals surface area contributed by atoms with Crippen LogP contribution in [0.5, 0.6) is 0 Å². The highest BCUT2D eigenvalue weighted by Crippen LogP contribution is 1.86. The van der Waals surface area contributed by atoms with Gasteiger partial charge in [0.25, 0.3) is 0 Å². The van der Waals surface area contributed by atoms with Crippen LogP contribution in [0, 0.1) is 0 Å². The minimum absolute atomic E-state index is 0.257. The summed E-state index contributed by atoms with van der Waals surface area (Å²) >= 11 is 0. The number of hydrogen-bond acceptors (Lipinski definition) is 4. The van der Waals surface area contributed by atoms with Gasteiger partial charge in [0.1, 0.15) is 6.61 Å². The Morgan fingerprint density at radius 2 is 1.93 bits per heavy atom. The van der Waals surface area contributed by atoms with Crippen molar-refractivity contribution in [3.8, 4) is 0 Å². The summed E-state index contributed by atoms with van der Waals surface area (Å²) in [5.74, 6) is -0.427. The molecular weight excluding hydrogens is 184 g/mol. The van der Waals surface area contributed by atoms with Gasteiger partial charge in [-0.2, -0.15) is 0 Å². The minimum atomic E-state index is -0.427. The maximum absolute atomic E-state index is 10.6. The van der Waals surface area contributed by atoms with Crippen molar-refractivity contribution in [2.45, 2.75) is 6.42 Å². The summed E-state index contributed by atoms with van der Waals surface area (Å²) < 4.78 is 14.7. The van der Waals surface area contributed by atoms with E-state index in [2.05, 4.69) is 17.9 Å². The molecule has 0 saturated carbocycles. The summed E-state index contributed by atoms with van der Waals surface area (Å²) in [5.41, 5.74) is 0. The monoisotopic (exact) mass is 200 g/mol. The lowest BCUT2D eigenvalue weighted by Crippen LogP contribution is -2.09. The molecule has 0 bridgehead atoms. The van der Waals surface area contributed by atoms with Gasteiger partial charge in [0.05, 0.1) is 19.5 Å². The zero-order chi connectivity index (χ0) is 10.6. The van der Waals surface area contributed by atoms with Crippen LogP contribution >= 0.6 is 0 Å². The highest BCUT2D eigenvalue weighted by Gasteiger charge is 1.94. The molecule has 14 heavy (non-hydrogen) atoms. The first-order valence-corrected chi connectivity index (χ1v) is 4.40. The molecule has 0 aromatic rings. The minimum Gasteiger partial charge on any atom is -0.502 e. The largest absolute Gasteiger partial charge is 0.502 e. The van der Waals surface area contributed by atoms with Gasteiger partial charge >= 0.3 is 5.97 Å². The molecule has 0 aromatic heterocycles. The molecule has 0 aliphatic carbocycles. The van der Waals surface area contributed by atoms with Gasteiger partial charge in [0.2, 0.25) is 0 Å². The SMILES string of the molecule is C=COCCCOCCOC(=O)C=C. The van der Waals surface area contributed by atoms with Crippen LogP contribution in [0.1, 0.15) is 6.42 Å². The molecule has 80 valence electrons. The molecule has 0 unspecified atom stereocenters. The normalized spacial score (nSPS) is 9.14. The first-order valence-electron chi connectivity index (χ1n) is 4.40. The molecule has 0 aliphatic heterocycles. The maximum Gasteiger partial charge on any atom is 0.330 e. The van der Waals surface area contributed by atoms with Crippen LogP contribution in [0.4, 0.5) is 0 Å². The van der Waals surface area contributed by atoms with Crippen LogP contribution in [-0.4, -0.2) is 32.4 Å². The lowest BCUT2D eigenvalue weighted by atomic mass is 10.5. The van der Waals surface area contributed by atoms with Crippen molar-refractivity contribution < 1.29 is 19.0 Å². The Labute approximate surface area is 84.1 Å². The zero-order valence-electron chi connectivity index (χ0n) is 8.24. The summed E-state index contributed by atoms with van der Waals surface area (Å²) in [6.45, 7) is 8.50. The fraction of sp³-hybridized carbons (Fsp3) is 0.500. The highest BCUT2D eigenvalue weighted by atomic mass is 16.6. The Kier molecular flexibility index (Phi) is 8.89. The molecule has 4 nitrogen and oxygen atoms in total. The first kappa shape index (κ1) is 12.7. The van der Waals surface area contributed by atoms with Gasteiger partial charge in [-0.3, -0.25) is 0 Å². The molecular formula is C10H16O4. The van der Waals surface area contributed by atoms with Crippen LogP contribution in [0.2, 0.25) is 0 Å². The second-order valence-electron chi connectivity index (χ2n) is 2.38. The number of carbonyl (C=O) groups excluding carboxylic acids is 1. The standard InChI is InChI=1S/C10H16O4/c1-3-10(11)14-9-8-13-7-5-6-12-4-2/h3-4H,1-2,5-9H2. The van der Waals surface area contributed by atoms with E-state index in [9.17, 15) is 4.79 Å². The topological polar surface area (TPSA) is 44.8 Å². The van der Waals surface area contributed by atoms with Gasteiger partial charge in [0.15, 0.2) is 0 Å². The van der Waals surface area contributed by atoms with Crippen LogP contribution in [-0.2, 0) is 19.0 Å². The molecule has 0 fully saturated rings. The van der Waals surface area contributed by atoms with Crippen molar-refractivity contribution in [3.05, 3.63) is 25.5 Å². The van der Waals surface area contributed by atoms with Crippen LogP contribution in [0.25, 0.3) is 0 Å². The summed E-state index contributed by atoms with van der Waals surface area (Å²) in [6, 6.07) is 0. The fourth-order valence-corrected chi connectivity index (χ4v) is 0.690. The molecule has 0 amide bonds. The molecule has 0 heterocycles. The van der Waals surface area contributed by atoms with E-state index in [4.69, 9.17) is 9.47 Å². The summed E-state index contributed by atoms with van der Waals surface area (Å²) in [4.78, 5) is 10.6. The van der Waals surface area contributed by atoms with Crippen molar-refractivity contribution in [1.82, 2.24) is 0 Å². The Bertz CT molecular complexity index is 177. The van der Waals surface area contributed by atoms with Gasteiger partial charge < -0.3 is 14.2 Å². The molecule has 0 rings (SSSR count). The summed E-state index contributed by atoms with van der Waals surface area (Å²) in [5, 5.41) is 0. The zero-order valence-corrected chi connectivity index (χ0v) is 8.24. The van der Waals surface area contributed by atoms with Crippen molar-refractivity contribution in [3.63, 3.8) is 0 Å². The van der Waals surface area contributed by atoms with E-state index in [0.717, 1.165) is 12.5 Å². The quantitative estimate of drug-likeness (QED) is 0.243. The number of ether oxygens (including phenoxy) is 3. The van der Waals surface area contributed by atoms with E-state index >= 15 is 0 Å². The van der Waals surface area contributed by atoms with Crippen molar-refractivity contribution in [2.24, 2.45) is 0 Å². The van der Waals surface area contributed by atoms with Crippen LogP contribution in [0.15, 0.2) is 25.5 Å². The van der Waals surface area contributed by atoms with Crippen molar-refractivity contribution in [1.29, 1.82) is 0 Å². The molecule has 0 radical (unpaired) electrons. The Hall–Kier alpha value is -1.29. The number of rotatable bonds is 9. The first-order chi connectivity index (χ1) is 6.81. The predicted molar refractivity (Wildman–Crippen MR) is 52.7 cm³/mol. The van der Waals surface area contributed by atoms with Crippen LogP contribution in [0.3, 0.4) is 0 Å². The van der Waals surface area contributed by atoms with E-state index in [-0.39, 0.29) is 6.61 Å². The average Bonchev–Trinajstić information content (AvgIpc) is 2.21. The van der Waals surface area contributed by atoms with Gasteiger partial charge in [-0.25, -0.2) is 4.79 Å². The van der Waals surface area contributed by atoms with E-state index in [1.54, 1.807) is 0 Å². The van der Waals surface area contributed by atoms with Crippen molar-refractivity contribution >= 4 is 5.97 Å². The molecule has 0 spiro atoms. The molecule has 4 heteroatoms. The number of esters is 1. The van der Waals surface area contributed by atoms with Gasteiger partial charge in [-0.15, -0.1) is 0 Å². The fourth-order valence-electron chi connectivity index (χ4n) is 0.690. The van der Waals surface area contributed by atoms with Gasteiger partial charge in [-0.1, -0.05) is 13.2 Å². The Morgan fingerprint density at radius 3 is 2.57 bits per heavy atom. The third-order valence-corrected chi connectivity index (χ3v) is 1.31. The molecule has 0 atom stereocenters. The molecule has 0 aliphatic rings. The van der Waals surface area contributed by atoms with Crippen LogP contribution < -0.4 is 0 Å².